The highest BCUT2D eigenvalue weighted by molar-refractivity contribution is 7.10. The Labute approximate surface area is 188 Å². The summed E-state index contributed by atoms with van der Waals surface area (Å²) in [5, 5.41) is 4.92. The number of para-hydroxylation sites is 1. The topological polar surface area (TPSA) is 61.9 Å². The van der Waals surface area contributed by atoms with Crippen molar-refractivity contribution in [1.29, 1.82) is 0 Å². The smallest absolute Gasteiger partial charge is 0.318 e. The molecule has 2 aromatic rings. The van der Waals surface area contributed by atoms with E-state index in [1.807, 2.05) is 43.0 Å². The summed E-state index contributed by atoms with van der Waals surface area (Å²) >= 11 is 1.72. The first-order valence-electron chi connectivity index (χ1n) is 10.7. The normalized spacial score (nSPS) is 15.2. The fraction of sp³-hybridized carbons (Fsp3) is 0.417. The van der Waals surface area contributed by atoms with E-state index in [9.17, 15) is 9.59 Å². The Hall–Kier alpha value is -2.80. The first-order valence-corrected chi connectivity index (χ1v) is 11.6. The molecule has 0 saturated carbocycles. The van der Waals surface area contributed by atoms with Gasteiger partial charge in [-0.15, -0.1) is 17.9 Å². The summed E-state index contributed by atoms with van der Waals surface area (Å²) in [6.07, 6.45) is 3.31. The lowest BCUT2D eigenvalue weighted by Crippen LogP contribution is -2.50. The molecule has 166 valence electrons. The van der Waals surface area contributed by atoms with Crippen LogP contribution in [0.4, 0.5) is 4.79 Å². The number of benzene rings is 1. The molecule has 3 amide bonds. The van der Waals surface area contributed by atoms with E-state index in [4.69, 9.17) is 4.74 Å². The van der Waals surface area contributed by atoms with Gasteiger partial charge in [0.2, 0.25) is 5.91 Å². The summed E-state index contributed by atoms with van der Waals surface area (Å²) in [7, 11) is 0. The van der Waals surface area contributed by atoms with Crippen molar-refractivity contribution in [3.05, 3.63) is 64.4 Å². The number of hydrogen-bond acceptors (Lipinski definition) is 4. The molecule has 1 N–H and O–H groups in total. The molecular formula is C24H31N3O3S. The fourth-order valence-electron chi connectivity index (χ4n) is 3.73. The van der Waals surface area contributed by atoms with Crippen molar-refractivity contribution < 1.29 is 14.3 Å². The molecule has 1 aliphatic heterocycles. The number of carbonyl (C=O) groups excluding carboxylic acids is 2. The Bertz CT molecular complexity index is 911. The van der Waals surface area contributed by atoms with Crippen LogP contribution in [0.1, 0.15) is 35.4 Å². The Morgan fingerprint density at radius 3 is 2.90 bits per heavy atom. The lowest BCUT2D eigenvalue weighted by Gasteiger charge is -2.37. The van der Waals surface area contributed by atoms with E-state index in [-0.39, 0.29) is 24.5 Å². The van der Waals surface area contributed by atoms with Gasteiger partial charge in [-0.3, -0.25) is 4.79 Å². The van der Waals surface area contributed by atoms with Crippen LogP contribution in [0.5, 0.6) is 5.75 Å². The van der Waals surface area contributed by atoms with Gasteiger partial charge >= 0.3 is 6.03 Å². The number of ether oxygens (including phenoxy) is 1. The van der Waals surface area contributed by atoms with E-state index < -0.39 is 0 Å². The van der Waals surface area contributed by atoms with Crippen LogP contribution < -0.4 is 10.1 Å². The fourth-order valence-corrected chi connectivity index (χ4v) is 4.66. The number of aryl methyl sites for hydroxylation is 1. The quantitative estimate of drug-likeness (QED) is 0.594. The summed E-state index contributed by atoms with van der Waals surface area (Å²) in [6, 6.07) is 9.56. The minimum Gasteiger partial charge on any atom is -0.491 e. The largest absolute Gasteiger partial charge is 0.491 e. The summed E-state index contributed by atoms with van der Waals surface area (Å²) in [4.78, 5) is 30.4. The van der Waals surface area contributed by atoms with Gasteiger partial charge in [0.05, 0.1) is 6.04 Å². The van der Waals surface area contributed by atoms with Gasteiger partial charge in [-0.1, -0.05) is 31.2 Å². The van der Waals surface area contributed by atoms with Gasteiger partial charge in [0.15, 0.2) is 0 Å². The second-order valence-corrected chi connectivity index (χ2v) is 8.63. The van der Waals surface area contributed by atoms with E-state index in [2.05, 4.69) is 23.3 Å². The molecule has 0 aliphatic carbocycles. The number of carbonyl (C=O) groups is 2. The molecule has 0 unspecified atom stereocenters. The van der Waals surface area contributed by atoms with Gasteiger partial charge < -0.3 is 19.9 Å². The van der Waals surface area contributed by atoms with Crippen molar-refractivity contribution in [2.45, 2.75) is 32.7 Å². The van der Waals surface area contributed by atoms with Crippen LogP contribution >= 0.6 is 11.3 Å². The van der Waals surface area contributed by atoms with Gasteiger partial charge in [0, 0.05) is 24.5 Å². The van der Waals surface area contributed by atoms with Crippen LogP contribution in [0.3, 0.4) is 0 Å². The van der Waals surface area contributed by atoms with E-state index in [0.717, 1.165) is 29.7 Å². The minimum absolute atomic E-state index is 0.0158. The first-order chi connectivity index (χ1) is 15.0. The molecule has 0 saturated heterocycles. The van der Waals surface area contributed by atoms with Crippen molar-refractivity contribution in [2.24, 2.45) is 0 Å². The van der Waals surface area contributed by atoms with Crippen LogP contribution in [-0.4, -0.2) is 54.5 Å². The van der Waals surface area contributed by atoms with Crippen molar-refractivity contribution in [1.82, 2.24) is 15.1 Å². The predicted molar refractivity (Wildman–Crippen MR) is 125 cm³/mol. The number of fused-ring (bicyclic) bond motifs is 1. The van der Waals surface area contributed by atoms with E-state index >= 15 is 0 Å². The maximum absolute atomic E-state index is 13.3. The molecule has 3 rings (SSSR count). The number of hydrogen-bond donors (Lipinski definition) is 1. The van der Waals surface area contributed by atoms with Gasteiger partial charge in [-0.25, -0.2) is 4.79 Å². The third kappa shape index (κ3) is 5.67. The Morgan fingerprint density at radius 1 is 1.35 bits per heavy atom. The Balaban J connectivity index is 1.75. The zero-order valence-corrected chi connectivity index (χ0v) is 19.1. The van der Waals surface area contributed by atoms with Gasteiger partial charge in [-0.05, 0) is 48.4 Å². The number of rotatable bonds is 9. The molecule has 2 heterocycles. The highest BCUT2D eigenvalue weighted by atomic mass is 32.1. The van der Waals surface area contributed by atoms with Crippen LogP contribution in [0, 0.1) is 6.92 Å². The van der Waals surface area contributed by atoms with E-state index in [1.54, 1.807) is 17.4 Å². The average molecular weight is 442 g/mol. The maximum atomic E-state index is 13.3. The minimum atomic E-state index is -0.240. The summed E-state index contributed by atoms with van der Waals surface area (Å²) in [5.74, 6) is 0.744. The molecule has 0 radical (unpaired) electrons. The van der Waals surface area contributed by atoms with E-state index in [0.29, 0.717) is 26.2 Å². The number of nitrogens with one attached hydrogen (secondary N) is 1. The number of urea groups is 1. The maximum Gasteiger partial charge on any atom is 0.318 e. The third-order valence-electron chi connectivity index (χ3n) is 5.39. The van der Waals surface area contributed by atoms with Crippen molar-refractivity contribution in [3.8, 4) is 5.75 Å². The molecule has 1 aliphatic rings. The van der Waals surface area contributed by atoms with Gasteiger partial charge in [0.1, 0.15) is 18.9 Å². The zero-order valence-electron chi connectivity index (χ0n) is 18.3. The van der Waals surface area contributed by atoms with Crippen molar-refractivity contribution in [3.63, 3.8) is 0 Å². The van der Waals surface area contributed by atoms with Crippen LogP contribution in [0.25, 0.3) is 0 Å². The molecule has 7 heteroatoms. The number of thiophene rings is 1. The lowest BCUT2D eigenvalue weighted by atomic mass is 10.0. The SMILES string of the molecule is C=CCN(CC(=O)N1CCc2sccc2[C@H]1COc1ccccc1C)C(=O)NCCC. The first kappa shape index (κ1) is 22.9. The van der Waals surface area contributed by atoms with Gasteiger partial charge in [-0.2, -0.15) is 0 Å². The van der Waals surface area contributed by atoms with Crippen molar-refractivity contribution in [2.75, 3.05) is 32.8 Å². The summed E-state index contributed by atoms with van der Waals surface area (Å²) < 4.78 is 6.14. The highest BCUT2D eigenvalue weighted by Gasteiger charge is 2.33. The van der Waals surface area contributed by atoms with Crippen molar-refractivity contribution >= 4 is 23.3 Å². The molecule has 0 fully saturated rings. The molecule has 31 heavy (non-hydrogen) atoms. The lowest BCUT2D eigenvalue weighted by molar-refractivity contribution is -0.135. The highest BCUT2D eigenvalue weighted by Crippen LogP contribution is 2.34. The predicted octanol–water partition coefficient (Wildman–Crippen LogP) is 4.17. The molecule has 1 aromatic heterocycles. The van der Waals surface area contributed by atoms with Crippen LogP contribution in [0.2, 0.25) is 0 Å². The third-order valence-corrected chi connectivity index (χ3v) is 6.39. The van der Waals surface area contributed by atoms with Gasteiger partial charge in [0.25, 0.3) is 0 Å². The summed E-state index contributed by atoms with van der Waals surface area (Å²) in [5.41, 5.74) is 2.20. The zero-order chi connectivity index (χ0) is 22.2. The number of nitrogens with zero attached hydrogens (tertiary/aromatic N) is 2. The van der Waals surface area contributed by atoms with Crippen LogP contribution in [-0.2, 0) is 11.2 Å². The molecule has 1 aromatic carbocycles. The Kier molecular flexibility index (Phi) is 8.12. The molecular weight excluding hydrogens is 410 g/mol. The average Bonchev–Trinajstić information content (AvgIpc) is 3.25. The summed E-state index contributed by atoms with van der Waals surface area (Å²) in [6.45, 7) is 9.65. The molecule has 6 nitrogen and oxygen atoms in total. The second kappa shape index (κ2) is 11.0. The number of amides is 3. The van der Waals surface area contributed by atoms with Crippen LogP contribution in [0.15, 0.2) is 48.4 Å². The molecule has 0 spiro atoms. The molecule has 0 bridgehead atoms. The second-order valence-electron chi connectivity index (χ2n) is 7.63. The Morgan fingerprint density at radius 2 is 2.16 bits per heavy atom. The molecule has 1 atom stereocenters. The monoisotopic (exact) mass is 441 g/mol. The standard InChI is InChI=1S/C24H31N3O3S/c1-4-12-25-24(29)26(13-5-2)16-23(28)27-14-10-22-19(11-15-31-22)20(27)17-30-21-9-7-6-8-18(21)3/h5-9,11,15,20H,2,4,10,12-14,16-17H2,1,3H3,(H,25,29)/t20-/m1/s1. The van der Waals surface area contributed by atoms with E-state index in [1.165, 1.54) is 9.78 Å².